The molecule has 110 valence electrons. The average Bonchev–Trinajstić information content (AvgIpc) is 2.41. The van der Waals surface area contributed by atoms with Gasteiger partial charge in [0.05, 0.1) is 0 Å². The summed E-state index contributed by atoms with van der Waals surface area (Å²) in [5, 5.41) is 4.35. The fraction of sp³-hybridized carbons (Fsp3) is 0.133. The minimum absolute atomic E-state index is 0.0481. The first kappa shape index (κ1) is 16.0. The number of anilines is 1. The van der Waals surface area contributed by atoms with Gasteiger partial charge in [-0.3, -0.25) is 0 Å². The van der Waals surface area contributed by atoms with E-state index in [1.54, 1.807) is 24.3 Å². The first-order valence-electron chi connectivity index (χ1n) is 6.24. The van der Waals surface area contributed by atoms with Crippen molar-refractivity contribution >= 4 is 46.1 Å². The summed E-state index contributed by atoms with van der Waals surface area (Å²) in [5.74, 6) is -0.433. The molecule has 2 nitrogen and oxygen atoms in total. The van der Waals surface area contributed by atoms with Gasteiger partial charge in [0.2, 0.25) is 0 Å². The highest BCUT2D eigenvalue weighted by atomic mass is 35.5. The van der Waals surface area contributed by atoms with E-state index in [1.165, 1.54) is 6.07 Å². The molecule has 21 heavy (non-hydrogen) atoms. The molecule has 0 aliphatic carbocycles. The molecule has 0 saturated carbocycles. The predicted octanol–water partition coefficient (Wildman–Crippen LogP) is 4.42. The molecular weight excluding hydrogens is 330 g/mol. The molecule has 0 radical (unpaired) electrons. The van der Waals surface area contributed by atoms with Crippen molar-refractivity contribution in [3.63, 3.8) is 0 Å². The summed E-state index contributed by atoms with van der Waals surface area (Å²) in [4.78, 5) is 0.0481. The van der Waals surface area contributed by atoms with Crippen molar-refractivity contribution in [3.8, 4) is 0 Å². The Hall–Kier alpha value is -1.36. The second-order valence-corrected chi connectivity index (χ2v) is 5.75. The zero-order chi connectivity index (χ0) is 15.4. The van der Waals surface area contributed by atoms with Gasteiger partial charge < -0.3 is 11.1 Å². The van der Waals surface area contributed by atoms with Crippen molar-refractivity contribution in [1.29, 1.82) is 0 Å². The summed E-state index contributed by atoms with van der Waals surface area (Å²) in [7, 11) is 0. The molecular formula is C15H13Cl2FN2S. The minimum Gasteiger partial charge on any atom is -0.389 e. The first-order chi connectivity index (χ1) is 9.97. The Morgan fingerprint density at radius 2 is 1.95 bits per heavy atom. The van der Waals surface area contributed by atoms with Crippen LogP contribution in [0, 0.1) is 5.82 Å². The molecule has 3 N–H and O–H groups in total. The summed E-state index contributed by atoms with van der Waals surface area (Å²) in [6.07, 6.45) is 0.703. The van der Waals surface area contributed by atoms with Gasteiger partial charge in [-0.25, -0.2) is 4.39 Å². The summed E-state index contributed by atoms with van der Waals surface area (Å²) < 4.78 is 13.7. The monoisotopic (exact) mass is 342 g/mol. The highest BCUT2D eigenvalue weighted by molar-refractivity contribution is 7.80. The quantitative estimate of drug-likeness (QED) is 0.789. The van der Waals surface area contributed by atoms with Crippen molar-refractivity contribution in [2.24, 2.45) is 5.73 Å². The minimum atomic E-state index is -0.433. The van der Waals surface area contributed by atoms with Crippen molar-refractivity contribution in [2.45, 2.75) is 6.42 Å². The number of hydrogen-bond acceptors (Lipinski definition) is 2. The molecule has 0 aromatic heterocycles. The number of thiocarbonyl (C=S) groups is 1. The molecule has 0 atom stereocenters. The van der Waals surface area contributed by atoms with Crippen LogP contribution in [0.5, 0.6) is 0 Å². The molecule has 0 heterocycles. The van der Waals surface area contributed by atoms with Crippen LogP contribution in [0.3, 0.4) is 0 Å². The van der Waals surface area contributed by atoms with Crippen LogP contribution in [-0.2, 0) is 6.42 Å². The number of halogens is 3. The molecule has 2 aromatic carbocycles. The van der Waals surface area contributed by atoms with Gasteiger partial charge in [-0.15, -0.1) is 0 Å². The molecule has 6 heteroatoms. The summed E-state index contributed by atoms with van der Waals surface area (Å²) >= 11 is 16.7. The lowest BCUT2D eigenvalue weighted by Crippen LogP contribution is -2.12. The van der Waals surface area contributed by atoms with Crippen LogP contribution in [0.15, 0.2) is 36.4 Å². The molecule has 0 aliphatic heterocycles. The Balaban J connectivity index is 1.97. The summed E-state index contributed by atoms with van der Waals surface area (Å²) in [6, 6.07) is 10.0. The normalized spacial score (nSPS) is 10.4. The van der Waals surface area contributed by atoms with Crippen molar-refractivity contribution in [3.05, 3.63) is 63.4 Å². The van der Waals surface area contributed by atoms with E-state index in [2.05, 4.69) is 5.32 Å². The van der Waals surface area contributed by atoms with E-state index in [0.717, 1.165) is 5.56 Å². The van der Waals surface area contributed by atoms with Gasteiger partial charge in [-0.1, -0.05) is 41.5 Å². The maximum Gasteiger partial charge on any atom is 0.135 e. The van der Waals surface area contributed by atoms with Gasteiger partial charge in [0.25, 0.3) is 0 Å². The second kappa shape index (κ2) is 7.07. The summed E-state index contributed by atoms with van der Waals surface area (Å²) in [6.45, 7) is 0.618. The number of nitrogens with one attached hydrogen (secondary N) is 1. The number of nitrogens with two attached hydrogens (primary N) is 1. The highest BCUT2D eigenvalue weighted by Crippen LogP contribution is 2.21. The van der Waals surface area contributed by atoms with Gasteiger partial charge in [-0.2, -0.15) is 0 Å². The topological polar surface area (TPSA) is 38.0 Å². The third-order valence-electron chi connectivity index (χ3n) is 2.97. The van der Waals surface area contributed by atoms with Crippen molar-refractivity contribution in [2.75, 3.05) is 11.9 Å². The first-order valence-corrected chi connectivity index (χ1v) is 7.41. The van der Waals surface area contributed by atoms with E-state index in [0.29, 0.717) is 28.7 Å². The fourth-order valence-corrected chi connectivity index (χ4v) is 2.56. The molecule has 0 amide bonds. The maximum atomic E-state index is 13.7. The molecule has 0 bridgehead atoms. The zero-order valence-corrected chi connectivity index (χ0v) is 13.3. The highest BCUT2D eigenvalue weighted by Gasteiger charge is 2.06. The lowest BCUT2D eigenvalue weighted by atomic mass is 10.1. The smallest absolute Gasteiger partial charge is 0.135 e. The molecule has 2 rings (SSSR count). The number of benzene rings is 2. The molecule has 0 fully saturated rings. The maximum absolute atomic E-state index is 13.7. The Kier molecular flexibility index (Phi) is 5.39. The fourth-order valence-electron chi connectivity index (χ4n) is 1.89. The van der Waals surface area contributed by atoms with Crippen molar-refractivity contribution in [1.82, 2.24) is 0 Å². The van der Waals surface area contributed by atoms with E-state index < -0.39 is 5.82 Å². The lowest BCUT2D eigenvalue weighted by molar-refractivity contribution is 0.626. The standard InChI is InChI=1S/C15H13Cl2FN2S/c16-10-2-1-9(13(17)7-10)5-6-20-11-3-4-12(15(19)21)14(18)8-11/h1-4,7-8,20H,5-6H2,(H2,19,21). The third-order valence-corrected chi connectivity index (χ3v) is 3.78. The third kappa shape index (κ3) is 4.30. The second-order valence-electron chi connectivity index (χ2n) is 4.47. The van der Waals surface area contributed by atoms with E-state index in [9.17, 15) is 4.39 Å². The van der Waals surface area contributed by atoms with Gasteiger partial charge in [-0.05, 0) is 42.3 Å². The van der Waals surface area contributed by atoms with Crippen LogP contribution in [0.1, 0.15) is 11.1 Å². The SMILES string of the molecule is NC(=S)c1ccc(NCCc2ccc(Cl)cc2Cl)cc1F. The Morgan fingerprint density at radius 3 is 2.57 bits per heavy atom. The Labute approximate surface area is 138 Å². The number of hydrogen-bond donors (Lipinski definition) is 2. The van der Waals surface area contributed by atoms with E-state index >= 15 is 0 Å². The molecule has 0 aliphatic rings. The Morgan fingerprint density at radius 1 is 1.19 bits per heavy atom. The van der Waals surface area contributed by atoms with E-state index in [-0.39, 0.29) is 10.6 Å². The van der Waals surface area contributed by atoms with E-state index in [1.807, 2.05) is 6.07 Å². The molecule has 0 saturated heterocycles. The lowest BCUT2D eigenvalue weighted by Gasteiger charge is -2.09. The van der Waals surface area contributed by atoms with Crippen LogP contribution < -0.4 is 11.1 Å². The molecule has 0 spiro atoms. The predicted molar refractivity (Wildman–Crippen MR) is 90.9 cm³/mol. The van der Waals surface area contributed by atoms with Gasteiger partial charge in [0.15, 0.2) is 0 Å². The van der Waals surface area contributed by atoms with Gasteiger partial charge in [0.1, 0.15) is 10.8 Å². The van der Waals surface area contributed by atoms with Gasteiger partial charge >= 0.3 is 0 Å². The Bertz CT molecular complexity index is 677. The van der Waals surface area contributed by atoms with Crippen LogP contribution in [0.4, 0.5) is 10.1 Å². The van der Waals surface area contributed by atoms with Crippen molar-refractivity contribution < 1.29 is 4.39 Å². The van der Waals surface area contributed by atoms with Crippen LogP contribution in [0.2, 0.25) is 10.0 Å². The van der Waals surface area contributed by atoms with Gasteiger partial charge in [0, 0.05) is 27.8 Å². The number of rotatable bonds is 5. The van der Waals surface area contributed by atoms with E-state index in [4.69, 9.17) is 41.2 Å². The average molecular weight is 343 g/mol. The van der Waals surface area contributed by atoms with Crippen LogP contribution in [-0.4, -0.2) is 11.5 Å². The largest absolute Gasteiger partial charge is 0.389 e. The van der Waals surface area contributed by atoms with Crippen LogP contribution in [0.25, 0.3) is 0 Å². The molecule has 2 aromatic rings. The van der Waals surface area contributed by atoms with Crippen LogP contribution >= 0.6 is 35.4 Å². The summed E-state index contributed by atoms with van der Waals surface area (Å²) in [5.41, 5.74) is 7.31. The zero-order valence-electron chi connectivity index (χ0n) is 11.0. The molecule has 0 unspecified atom stereocenters.